The lowest BCUT2D eigenvalue weighted by Crippen LogP contribution is -2.04. The molecule has 3 aromatic rings. The van der Waals surface area contributed by atoms with Crippen LogP contribution in [-0.2, 0) is 10.8 Å². The molecule has 0 radical (unpaired) electrons. The highest BCUT2D eigenvalue weighted by atomic mass is 32.2. The summed E-state index contributed by atoms with van der Waals surface area (Å²) in [6, 6.07) is 9.17. The number of rotatable bonds is 3. The minimum Gasteiger partial charge on any atom is -0.247 e. The lowest BCUT2D eigenvalue weighted by Gasteiger charge is -2.13. The maximum atomic E-state index is 14.2. The molecule has 0 aliphatic rings. The first-order valence-electron chi connectivity index (χ1n) is 7.17. The average molecular weight is 365 g/mol. The number of benzene rings is 2. The quantitative estimate of drug-likeness (QED) is 0.494. The molecule has 128 valence electrons. The van der Waals surface area contributed by atoms with Gasteiger partial charge in [0.2, 0.25) is 0 Å². The molecule has 0 fully saturated rings. The van der Waals surface area contributed by atoms with Crippen molar-refractivity contribution in [2.45, 2.75) is 16.8 Å². The topological polar surface area (TPSA) is 30.0 Å². The normalized spacial score (nSPS) is 12.2. The van der Waals surface area contributed by atoms with Crippen molar-refractivity contribution in [3.8, 4) is 11.1 Å². The largest absolute Gasteiger partial charge is 0.247 e. The fraction of sp³-hybridized carbons (Fsp3) is 0.0556. The van der Waals surface area contributed by atoms with E-state index in [2.05, 4.69) is 4.98 Å². The Kier molecular flexibility index (Phi) is 4.67. The molecule has 0 amide bonds. The predicted octanol–water partition coefficient (Wildman–Crippen LogP) is 4.78. The minimum absolute atomic E-state index is 0.00657. The van der Waals surface area contributed by atoms with E-state index in [-0.39, 0.29) is 21.6 Å². The van der Waals surface area contributed by atoms with E-state index in [0.29, 0.717) is 5.56 Å². The molecule has 0 bridgehead atoms. The van der Waals surface area contributed by atoms with Gasteiger partial charge >= 0.3 is 0 Å². The van der Waals surface area contributed by atoms with Crippen LogP contribution in [0.5, 0.6) is 0 Å². The van der Waals surface area contributed by atoms with E-state index in [1.54, 1.807) is 25.1 Å². The molecule has 25 heavy (non-hydrogen) atoms. The van der Waals surface area contributed by atoms with Crippen molar-refractivity contribution in [3.63, 3.8) is 0 Å². The van der Waals surface area contributed by atoms with Crippen LogP contribution < -0.4 is 0 Å². The van der Waals surface area contributed by atoms with Crippen LogP contribution >= 0.6 is 0 Å². The second kappa shape index (κ2) is 6.76. The zero-order valence-corrected chi connectivity index (χ0v) is 13.7. The number of hydrogen-bond acceptors (Lipinski definition) is 2. The summed E-state index contributed by atoms with van der Waals surface area (Å²) in [7, 11) is -1.89. The van der Waals surface area contributed by atoms with Crippen LogP contribution in [0.3, 0.4) is 0 Å². The number of halogens is 4. The van der Waals surface area contributed by atoms with Crippen LogP contribution in [0.2, 0.25) is 0 Å². The van der Waals surface area contributed by atoms with Crippen molar-refractivity contribution in [2.75, 3.05) is 0 Å². The van der Waals surface area contributed by atoms with Crippen LogP contribution in [0.4, 0.5) is 17.6 Å². The average Bonchev–Trinajstić information content (AvgIpc) is 2.61. The van der Waals surface area contributed by atoms with Gasteiger partial charge in [-0.25, -0.2) is 26.8 Å². The van der Waals surface area contributed by atoms with Gasteiger partial charge in [-0.1, -0.05) is 17.7 Å². The highest BCUT2D eigenvalue weighted by molar-refractivity contribution is 7.85. The molecule has 3 rings (SSSR count). The van der Waals surface area contributed by atoms with E-state index in [1.165, 1.54) is 24.4 Å². The fourth-order valence-corrected chi connectivity index (χ4v) is 3.52. The Labute approximate surface area is 143 Å². The van der Waals surface area contributed by atoms with Gasteiger partial charge in [0, 0.05) is 17.8 Å². The zero-order chi connectivity index (χ0) is 18.1. The summed E-state index contributed by atoms with van der Waals surface area (Å²) in [6.45, 7) is 1.64. The van der Waals surface area contributed by atoms with Crippen LogP contribution in [0.15, 0.2) is 58.6 Å². The van der Waals surface area contributed by atoms with Crippen LogP contribution in [0.25, 0.3) is 11.1 Å². The number of nitrogens with zero attached hydrogens (tertiary/aromatic N) is 1. The Hall–Kier alpha value is -2.54. The number of pyridine rings is 1. The molecule has 0 aliphatic carbocycles. The molecule has 0 saturated carbocycles. The van der Waals surface area contributed by atoms with Crippen LogP contribution in [0.1, 0.15) is 5.56 Å². The van der Waals surface area contributed by atoms with Crippen molar-refractivity contribution < 1.29 is 21.8 Å². The summed E-state index contributed by atoms with van der Waals surface area (Å²) >= 11 is 0. The first-order chi connectivity index (χ1) is 11.9. The molecule has 2 aromatic carbocycles. The molecular weight excluding hydrogens is 354 g/mol. The SMILES string of the molecule is Cc1ccc(S(=O)c2ccccn2)c(-c2c(F)c(F)cc(F)c2F)c1. The summed E-state index contributed by atoms with van der Waals surface area (Å²) < 4.78 is 68.4. The predicted molar refractivity (Wildman–Crippen MR) is 85.4 cm³/mol. The molecule has 7 heteroatoms. The molecule has 2 nitrogen and oxygen atoms in total. The van der Waals surface area contributed by atoms with E-state index >= 15 is 0 Å². The van der Waals surface area contributed by atoms with Gasteiger partial charge in [-0.3, -0.25) is 0 Å². The van der Waals surface area contributed by atoms with Gasteiger partial charge in [0.25, 0.3) is 0 Å². The summed E-state index contributed by atoms with van der Waals surface area (Å²) in [5, 5.41) is 0.158. The Morgan fingerprint density at radius 1 is 0.920 bits per heavy atom. The molecule has 1 atom stereocenters. The monoisotopic (exact) mass is 365 g/mol. The van der Waals surface area contributed by atoms with Crippen molar-refractivity contribution in [1.29, 1.82) is 0 Å². The van der Waals surface area contributed by atoms with Gasteiger partial charge in [0.15, 0.2) is 23.3 Å². The van der Waals surface area contributed by atoms with Crippen LogP contribution in [0, 0.1) is 30.2 Å². The highest BCUT2D eigenvalue weighted by Gasteiger charge is 2.25. The second-order valence-electron chi connectivity index (χ2n) is 5.28. The maximum Gasteiger partial charge on any atom is 0.169 e. The third-order valence-electron chi connectivity index (χ3n) is 3.54. The second-order valence-corrected chi connectivity index (χ2v) is 6.68. The lowest BCUT2D eigenvalue weighted by molar-refractivity contribution is 0.458. The third kappa shape index (κ3) is 3.19. The Bertz CT molecular complexity index is 950. The van der Waals surface area contributed by atoms with Crippen LogP contribution in [-0.4, -0.2) is 9.19 Å². The molecule has 0 saturated heterocycles. The summed E-state index contributed by atoms with van der Waals surface area (Å²) in [6.07, 6.45) is 1.42. The van der Waals surface area contributed by atoms with Crippen molar-refractivity contribution in [2.24, 2.45) is 0 Å². The van der Waals surface area contributed by atoms with Gasteiger partial charge < -0.3 is 0 Å². The first kappa shape index (κ1) is 17.3. The van der Waals surface area contributed by atoms with E-state index in [1.807, 2.05) is 0 Å². The lowest BCUT2D eigenvalue weighted by atomic mass is 10.0. The minimum atomic E-state index is -1.89. The molecule has 0 spiro atoms. The molecule has 0 aliphatic heterocycles. The Morgan fingerprint density at radius 2 is 1.60 bits per heavy atom. The van der Waals surface area contributed by atoms with Crippen molar-refractivity contribution in [1.82, 2.24) is 4.98 Å². The number of aryl methyl sites for hydroxylation is 1. The maximum absolute atomic E-state index is 14.2. The van der Waals surface area contributed by atoms with Gasteiger partial charge in [-0.15, -0.1) is 0 Å². The molecule has 1 unspecified atom stereocenters. The van der Waals surface area contributed by atoms with E-state index in [0.717, 1.165) is 0 Å². The van der Waals surface area contributed by atoms with Crippen molar-refractivity contribution >= 4 is 10.8 Å². The Morgan fingerprint density at radius 3 is 2.20 bits per heavy atom. The number of hydrogen-bond donors (Lipinski definition) is 0. The number of aromatic nitrogens is 1. The van der Waals surface area contributed by atoms with E-state index in [9.17, 15) is 21.8 Å². The van der Waals surface area contributed by atoms with Gasteiger partial charge in [0.1, 0.15) is 15.8 Å². The standard InChI is InChI=1S/C18H11F4NOS/c1-10-5-6-14(25(24)15-4-2-3-7-23-15)11(8-10)16-17(21)12(19)9-13(20)18(16)22/h2-9H,1H3. The Balaban J connectivity index is 2.29. The van der Waals surface area contributed by atoms with Gasteiger partial charge in [-0.05, 0) is 31.2 Å². The molecule has 0 N–H and O–H groups in total. The first-order valence-corrected chi connectivity index (χ1v) is 8.32. The molecule has 1 heterocycles. The van der Waals surface area contributed by atoms with E-state index in [4.69, 9.17) is 0 Å². The zero-order valence-electron chi connectivity index (χ0n) is 12.9. The smallest absolute Gasteiger partial charge is 0.169 e. The van der Waals surface area contributed by atoms with Crippen molar-refractivity contribution in [3.05, 3.63) is 77.5 Å². The molecule has 1 aromatic heterocycles. The van der Waals surface area contributed by atoms with Gasteiger partial charge in [-0.2, -0.15) is 0 Å². The fourth-order valence-electron chi connectivity index (χ4n) is 2.38. The highest BCUT2D eigenvalue weighted by Crippen LogP contribution is 2.35. The van der Waals surface area contributed by atoms with E-state index < -0.39 is 39.6 Å². The summed E-state index contributed by atoms with van der Waals surface area (Å²) in [5.74, 6) is -6.12. The van der Waals surface area contributed by atoms with Gasteiger partial charge in [0.05, 0.1) is 10.5 Å². The summed E-state index contributed by atoms with van der Waals surface area (Å²) in [5.41, 5.74) is -0.488. The third-order valence-corrected chi connectivity index (χ3v) is 4.92. The molecular formula is C18H11F4NOS. The summed E-state index contributed by atoms with van der Waals surface area (Å²) in [4.78, 5) is 3.96.